The molecular formula is C10H7ClN2OS. The van der Waals surface area contributed by atoms with E-state index in [0.29, 0.717) is 9.93 Å². The van der Waals surface area contributed by atoms with Crippen molar-refractivity contribution in [3.05, 3.63) is 39.8 Å². The summed E-state index contributed by atoms with van der Waals surface area (Å²) in [7, 11) is 0. The van der Waals surface area contributed by atoms with Crippen molar-refractivity contribution in [2.45, 2.75) is 0 Å². The van der Waals surface area contributed by atoms with Gasteiger partial charge in [-0.25, -0.2) is 0 Å². The van der Waals surface area contributed by atoms with Crippen LogP contribution in [0.5, 0.6) is 0 Å². The summed E-state index contributed by atoms with van der Waals surface area (Å²) in [4.78, 5) is 15.4. The van der Waals surface area contributed by atoms with Crippen LogP contribution in [0.15, 0.2) is 34.2 Å². The number of nitrogens with zero attached hydrogens (tertiary/aromatic N) is 1. The molecule has 0 radical (unpaired) electrons. The zero-order chi connectivity index (χ0) is 10.8. The number of hydrogen-bond donors (Lipinski definition) is 1. The number of rotatable bonds is 1. The zero-order valence-corrected chi connectivity index (χ0v) is 9.18. The summed E-state index contributed by atoms with van der Waals surface area (Å²) in [5.74, 6) is -0.294. The van der Waals surface area contributed by atoms with Crippen LogP contribution >= 0.6 is 23.4 Å². The lowest BCUT2D eigenvalue weighted by atomic mass is 10.2. The van der Waals surface area contributed by atoms with E-state index in [1.807, 2.05) is 12.1 Å². The summed E-state index contributed by atoms with van der Waals surface area (Å²) >= 11 is 6.99. The molecule has 15 heavy (non-hydrogen) atoms. The Labute approximate surface area is 96.0 Å². The summed E-state index contributed by atoms with van der Waals surface area (Å²) in [5, 5.41) is 0.918. The van der Waals surface area contributed by atoms with Crippen LogP contribution in [0.1, 0.15) is 5.56 Å². The maximum atomic E-state index is 11.3. The van der Waals surface area contributed by atoms with Crippen LogP contribution in [-0.2, 0) is 4.79 Å². The number of halogens is 1. The smallest absolute Gasteiger partial charge is 0.286 e. The van der Waals surface area contributed by atoms with Gasteiger partial charge < -0.3 is 5.73 Å². The summed E-state index contributed by atoms with van der Waals surface area (Å²) in [6.07, 6.45) is 1.72. The predicted molar refractivity (Wildman–Crippen MR) is 63.6 cm³/mol. The number of carbonyl (C=O) groups excluding carboxylic acids is 1. The molecule has 0 saturated heterocycles. The first-order valence-corrected chi connectivity index (χ1v) is 5.38. The Balaban J connectivity index is 2.29. The van der Waals surface area contributed by atoms with Crippen molar-refractivity contribution in [2.75, 3.05) is 0 Å². The highest BCUT2D eigenvalue weighted by molar-refractivity contribution is 8.18. The normalized spacial score (nSPS) is 18.3. The van der Waals surface area contributed by atoms with Gasteiger partial charge in [-0.2, -0.15) is 4.99 Å². The molecule has 2 N–H and O–H groups in total. The van der Waals surface area contributed by atoms with Gasteiger partial charge in [0.25, 0.3) is 5.91 Å². The standard InChI is InChI=1S/C10H7ClN2OS/c11-7-3-1-2-6(4-7)5-8-9(14)13-10(12)15-8/h1-5H,(H2,12,13,14)/b8-5-. The molecule has 0 atom stereocenters. The Morgan fingerprint density at radius 3 is 2.87 bits per heavy atom. The monoisotopic (exact) mass is 238 g/mol. The van der Waals surface area contributed by atoms with Crippen LogP contribution in [-0.4, -0.2) is 11.1 Å². The van der Waals surface area contributed by atoms with E-state index in [-0.39, 0.29) is 11.1 Å². The van der Waals surface area contributed by atoms with E-state index in [0.717, 1.165) is 5.56 Å². The van der Waals surface area contributed by atoms with Crippen molar-refractivity contribution >= 4 is 40.5 Å². The number of thioether (sulfide) groups is 1. The fourth-order valence-corrected chi connectivity index (χ4v) is 2.05. The second kappa shape index (κ2) is 4.08. The summed E-state index contributed by atoms with van der Waals surface area (Å²) < 4.78 is 0. The number of carbonyl (C=O) groups is 1. The Bertz CT molecular complexity index is 482. The molecular weight excluding hydrogens is 232 g/mol. The topological polar surface area (TPSA) is 55.4 Å². The van der Waals surface area contributed by atoms with Crippen LogP contribution in [0, 0.1) is 0 Å². The van der Waals surface area contributed by atoms with E-state index in [4.69, 9.17) is 17.3 Å². The Morgan fingerprint density at radius 2 is 2.27 bits per heavy atom. The molecule has 0 unspecified atom stereocenters. The first kappa shape index (κ1) is 10.3. The Morgan fingerprint density at radius 1 is 1.47 bits per heavy atom. The number of benzene rings is 1. The second-order valence-corrected chi connectivity index (χ2v) is 4.42. The molecule has 76 valence electrons. The van der Waals surface area contributed by atoms with Crippen molar-refractivity contribution in [1.82, 2.24) is 0 Å². The van der Waals surface area contributed by atoms with Crippen LogP contribution in [0.2, 0.25) is 5.02 Å². The van der Waals surface area contributed by atoms with Gasteiger partial charge in [-0.05, 0) is 35.5 Å². The average Bonchev–Trinajstić information content (AvgIpc) is 2.45. The van der Waals surface area contributed by atoms with E-state index in [2.05, 4.69) is 4.99 Å². The van der Waals surface area contributed by atoms with E-state index in [1.165, 1.54) is 11.8 Å². The Hall–Kier alpha value is -1.26. The number of amidine groups is 1. The minimum Gasteiger partial charge on any atom is -0.378 e. The highest BCUT2D eigenvalue weighted by Crippen LogP contribution is 2.26. The highest BCUT2D eigenvalue weighted by atomic mass is 35.5. The number of nitrogens with two attached hydrogens (primary N) is 1. The van der Waals surface area contributed by atoms with Gasteiger partial charge in [0.2, 0.25) is 0 Å². The number of aliphatic imine (C=N–C) groups is 1. The van der Waals surface area contributed by atoms with Gasteiger partial charge in [0, 0.05) is 5.02 Å². The number of amides is 1. The molecule has 1 aliphatic heterocycles. The van der Waals surface area contributed by atoms with Crippen LogP contribution in [0.3, 0.4) is 0 Å². The molecule has 1 heterocycles. The van der Waals surface area contributed by atoms with E-state index < -0.39 is 0 Å². The van der Waals surface area contributed by atoms with E-state index >= 15 is 0 Å². The Kier molecular flexibility index (Phi) is 2.79. The molecule has 0 aromatic heterocycles. The first-order valence-electron chi connectivity index (χ1n) is 4.19. The predicted octanol–water partition coefficient (Wildman–Crippen LogP) is 2.27. The second-order valence-electron chi connectivity index (χ2n) is 2.92. The lowest BCUT2D eigenvalue weighted by Crippen LogP contribution is -2.01. The van der Waals surface area contributed by atoms with Crippen molar-refractivity contribution < 1.29 is 4.79 Å². The molecule has 0 spiro atoms. The lowest BCUT2D eigenvalue weighted by molar-refractivity contribution is -0.113. The third kappa shape index (κ3) is 2.40. The minimum atomic E-state index is -0.294. The largest absolute Gasteiger partial charge is 0.378 e. The van der Waals surface area contributed by atoms with E-state index in [1.54, 1.807) is 18.2 Å². The molecule has 0 saturated carbocycles. The maximum Gasteiger partial charge on any atom is 0.286 e. The van der Waals surface area contributed by atoms with Crippen LogP contribution < -0.4 is 5.73 Å². The summed E-state index contributed by atoms with van der Waals surface area (Å²) in [6.45, 7) is 0. The van der Waals surface area contributed by atoms with Crippen molar-refractivity contribution in [3.8, 4) is 0 Å². The highest BCUT2D eigenvalue weighted by Gasteiger charge is 2.19. The van der Waals surface area contributed by atoms with Crippen molar-refractivity contribution in [3.63, 3.8) is 0 Å². The molecule has 2 rings (SSSR count). The van der Waals surface area contributed by atoms with Crippen LogP contribution in [0.25, 0.3) is 6.08 Å². The van der Waals surface area contributed by atoms with Gasteiger partial charge in [-0.3, -0.25) is 4.79 Å². The third-order valence-electron chi connectivity index (χ3n) is 1.78. The van der Waals surface area contributed by atoms with Gasteiger partial charge in [0.05, 0.1) is 4.91 Å². The molecule has 0 fully saturated rings. The fraction of sp³-hybridized carbons (Fsp3) is 0. The zero-order valence-electron chi connectivity index (χ0n) is 7.61. The van der Waals surface area contributed by atoms with Gasteiger partial charge in [0.15, 0.2) is 5.17 Å². The molecule has 3 nitrogen and oxygen atoms in total. The minimum absolute atomic E-state index is 0.285. The third-order valence-corrected chi connectivity index (χ3v) is 2.83. The summed E-state index contributed by atoms with van der Waals surface area (Å²) in [6, 6.07) is 7.24. The van der Waals surface area contributed by atoms with Gasteiger partial charge in [-0.1, -0.05) is 23.7 Å². The van der Waals surface area contributed by atoms with Crippen molar-refractivity contribution in [2.24, 2.45) is 10.7 Å². The quantitative estimate of drug-likeness (QED) is 0.764. The maximum absolute atomic E-state index is 11.3. The van der Waals surface area contributed by atoms with Crippen molar-refractivity contribution in [1.29, 1.82) is 0 Å². The van der Waals surface area contributed by atoms with Gasteiger partial charge in [0.1, 0.15) is 0 Å². The molecule has 5 heteroatoms. The summed E-state index contributed by atoms with van der Waals surface area (Å²) in [5.41, 5.74) is 6.29. The molecule has 1 aromatic rings. The molecule has 1 aliphatic rings. The number of hydrogen-bond acceptors (Lipinski definition) is 3. The first-order chi connectivity index (χ1) is 7.15. The SMILES string of the molecule is NC1=NC(=O)/C(=C/c2cccc(Cl)c2)S1. The van der Waals surface area contributed by atoms with Gasteiger partial charge >= 0.3 is 0 Å². The average molecular weight is 239 g/mol. The molecule has 0 aliphatic carbocycles. The fourth-order valence-electron chi connectivity index (χ4n) is 1.17. The molecule has 1 aromatic carbocycles. The van der Waals surface area contributed by atoms with E-state index in [9.17, 15) is 4.79 Å². The van der Waals surface area contributed by atoms with Crippen LogP contribution in [0.4, 0.5) is 0 Å². The lowest BCUT2D eigenvalue weighted by Gasteiger charge is -1.96. The van der Waals surface area contributed by atoms with Gasteiger partial charge in [-0.15, -0.1) is 0 Å². The molecule has 0 bridgehead atoms. The molecule has 1 amide bonds.